The molecule has 2 nitrogen and oxygen atoms in total. The second-order valence-corrected chi connectivity index (χ2v) is 4.10. The van der Waals surface area contributed by atoms with Gasteiger partial charge >= 0.3 is 0 Å². The monoisotopic (exact) mass is 144 g/mol. The van der Waals surface area contributed by atoms with Crippen molar-refractivity contribution in [2.75, 3.05) is 6.54 Å². The minimum absolute atomic E-state index is 0.319. The lowest BCUT2D eigenvalue weighted by molar-refractivity contribution is 0.428. The van der Waals surface area contributed by atoms with Gasteiger partial charge in [-0.05, 0) is 24.8 Å². The molecule has 1 rings (SSSR count). The fourth-order valence-electron chi connectivity index (χ4n) is 0.0962. The van der Waals surface area contributed by atoms with Crippen LogP contribution in [-0.4, -0.2) is 12.6 Å². The molecule has 0 atom stereocenters. The molecular weight excluding hydrogens is 124 g/mol. The van der Waals surface area contributed by atoms with Crippen LogP contribution >= 0.6 is 0 Å². The molecular formula is C8H20N2. The minimum Gasteiger partial charge on any atom is -0.330 e. The summed E-state index contributed by atoms with van der Waals surface area (Å²) in [6.45, 7) is 7.12. The molecule has 0 aliphatic heterocycles. The topological polar surface area (TPSA) is 52.0 Å². The lowest BCUT2D eigenvalue weighted by Crippen LogP contribution is -2.18. The highest BCUT2D eigenvalue weighted by molar-refractivity contribution is 4.75. The van der Waals surface area contributed by atoms with Gasteiger partial charge in [0.1, 0.15) is 0 Å². The van der Waals surface area contributed by atoms with E-state index in [1.807, 2.05) is 0 Å². The Kier molecular flexibility index (Phi) is 3.91. The molecule has 1 aliphatic carbocycles. The lowest BCUT2D eigenvalue weighted by Gasteiger charge is -2.12. The molecule has 0 aromatic carbocycles. The molecule has 10 heavy (non-hydrogen) atoms. The van der Waals surface area contributed by atoms with Gasteiger partial charge in [0.25, 0.3) is 0 Å². The summed E-state index contributed by atoms with van der Waals surface area (Å²) in [5.74, 6) is 0. The zero-order valence-electron chi connectivity index (χ0n) is 7.35. The van der Waals surface area contributed by atoms with E-state index in [-0.39, 0.29) is 0 Å². The van der Waals surface area contributed by atoms with Crippen LogP contribution in [-0.2, 0) is 0 Å². The quantitative estimate of drug-likeness (QED) is 0.535. The van der Waals surface area contributed by atoms with E-state index in [4.69, 9.17) is 11.5 Å². The standard InChI is InChI=1S/C5H13N.C3H7N/c1-5(2,3)4-6;4-3-1-2-3/h4,6H2,1-3H3;3H,1-2,4H2. The van der Waals surface area contributed by atoms with Crippen LogP contribution in [0.3, 0.4) is 0 Å². The van der Waals surface area contributed by atoms with E-state index in [0.29, 0.717) is 11.5 Å². The molecule has 0 bridgehead atoms. The summed E-state index contributed by atoms with van der Waals surface area (Å²) in [6, 6.07) is 0.583. The Morgan fingerprint density at radius 2 is 1.50 bits per heavy atom. The van der Waals surface area contributed by atoms with Gasteiger partial charge in [0.05, 0.1) is 0 Å². The van der Waals surface area contributed by atoms with Gasteiger partial charge in [-0.25, -0.2) is 0 Å². The van der Waals surface area contributed by atoms with Crippen LogP contribution in [0.15, 0.2) is 0 Å². The Morgan fingerprint density at radius 3 is 1.50 bits per heavy atom. The van der Waals surface area contributed by atoms with Gasteiger partial charge in [0, 0.05) is 6.04 Å². The van der Waals surface area contributed by atoms with Crippen molar-refractivity contribution in [3.63, 3.8) is 0 Å². The van der Waals surface area contributed by atoms with E-state index in [1.165, 1.54) is 12.8 Å². The zero-order valence-corrected chi connectivity index (χ0v) is 7.35. The smallest absolute Gasteiger partial charge is 0.00399 e. The predicted octanol–water partition coefficient (Wildman–Crippen LogP) is 1.10. The third-order valence-electron chi connectivity index (χ3n) is 1.23. The van der Waals surface area contributed by atoms with Crippen molar-refractivity contribution in [3.05, 3.63) is 0 Å². The van der Waals surface area contributed by atoms with E-state index in [1.54, 1.807) is 0 Å². The summed E-state index contributed by atoms with van der Waals surface area (Å²) >= 11 is 0. The largest absolute Gasteiger partial charge is 0.330 e. The molecule has 0 aromatic heterocycles. The van der Waals surface area contributed by atoms with Gasteiger partial charge in [0.2, 0.25) is 0 Å². The van der Waals surface area contributed by atoms with Crippen molar-refractivity contribution in [1.82, 2.24) is 0 Å². The first kappa shape index (κ1) is 9.92. The third-order valence-corrected chi connectivity index (χ3v) is 1.23. The fraction of sp³-hybridized carbons (Fsp3) is 1.00. The first-order chi connectivity index (χ1) is 4.45. The van der Waals surface area contributed by atoms with Gasteiger partial charge in [-0.2, -0.15) is 0 Å². The van der Waals surface area contributed by atoms with Crippen molar-refractivity contribution in [2.24, 2.45) is 16.9 Å². The highest BCUT2D eigenvalue weighted by atomic mass is 14.7. The predicted molar refractivity (Wildman–Crippen MR) is 45.7 cm³/mol. The minimum atomic E-state index is 0.319. The summed E-state index contributed by atoms with van der Waals surface area (Å²) in [5.41, 5.74) is 10.8. The van der Waals surface area contributed by atoms with Crippen LogP contribution in [0.25, 0.3) is 0 Å². The summed E-state index contributed by atoms with van der Waals surface area (Å²) < 4.78 is 0. The highest BCUT2D eigenvalue weighted by Crippen LogP contribution is 2.13. The molecule has 0 aromatic rings. The van der Waals surface area contributed by atoms with Crippen molar-refractivity contribution in [3.8, 4) is 0 Å². The summed E-state index contributed by atoms with van der Waals surface area (Å²) in [4.78, 5) is 0. The Morgan fingerprint density at radius 1 is 1.30 bits per heavy atom. The van der Waals surface area contributed by atoms with Crippen LogP contribution in [0.1, 0.15) is 33.6 Å². The SMILES string of the molecule is CC(C)(C)CN.NC1CC1. The van der Waals surface area contributed by atoms with Crippen molar-refractivity contribution in [2.45, 2.75) is 39.7 Å². The van der Waals surface area contributed by atoms with Crippen LogP contribution in [0, 0.1) is 5.41 Å². The number of hydrogen-bond donors (Lipinski definition) is 2. The Labute approximate surface area is 64.0 Å². The van der Waals surface area contributed by atoms with E-state index >= 15 is 0 Å². The first-order valence-electron chi connectivity index (χ1n) is 3.91. The second kappa shape index (κ2) is 3.94. The van der Waals surface area contributed by atoms with Crippen molar-refractivity contribution < 1.29 is 0 Å². The summed E-state index contributed by atoms with van der Waals surface area (Å²) in [6.07, 6.45) is 2.53. The second-order valence-electron chi connectivity index (χ2n) is 4.10. The summed E-state index contributed by atoms with van der Waals surface area (Å²) in [7, 11) is 0. The van der Waals surface area contributed by atoms with E-state index in [0.717, 1.165) is 6.54 Å². The van der Waals surface area contributed by atoms with Gasteiger partial charge in [-0.1, -0.05) is 20.8 Å². The number of nitrogens with two attached hydrogens (primary N) is 2. The van der Waals surface area contributed by atoms with Gasteiger partial charge in [-0.3, -0.25) is 0 Å². The van der Waals surface area contributed by atoms with Gasteiger partial charge in [0.15, 0.2) is 0 Å². The number of hydrogen-bond acceptors (Lipinski definition) is 2. The average Bonchev–Trinajstić information content (AvgIpc) is 2.51. The van der Waals surface area contributed by atoms with Gasteiger partial charge < -0.3 is 11.5 Å². The van der Waals surface area contributed by atoms with Gasteiger partial charge in [-0.15, -0.1) is 0 Å². The third kappa shape index (κ3) is 10.8. The molecule has 0 amide bonds. The molecule has 0 saturated heterocycles. The first-order valence-corrected chi connectivity index (χ1v) is 3.91. The molecule has 0 unspecified atom stereocenters. The molecule has 0 heterocycles. The fourth-order valence-corrected chi connectivity index (χ4v) is 0.0962. The maximum Gasteiger partial charge on any atom is 0.00399 e. The zero-order chi connectivity index (χ0) is 8.20. The van der Waals surface area contributed by atoms with Crippen LogP contribution in [0.2, 0.25) is 0 Å². The normalized spacial score (nSPS) is 17.7. The lowest BCUT2D eigenvalue weighted by atomic mass is 9.98. The van der Waals surface area contributed by atoms with Crippen LogP contribution < -0.4 is 11.5 Å². The maximum absolute atomic E-state index is 5.31. The molecule has 1 saturated carbocycles. The Hall–Kier alpha value is -0.0800. The van der Waals surface area contributed by atoms with Crippen LogP contribution in [0.5, 0.6) is 0 Å². The Balaban J connectivity index is 0.000000172. The van der Waals surface area contributed by atoms with Crippen LogP contribution in [0.4, 0.5) is 0 Å². The Bertz CT molecular complexity index is 79.7. The maximum atomic E-state index is 5.31. The molecule has 1 fully saturated rings. The molecule has 2 heteroatoms. The van der Waals surface area contributed by atoms with Crippen molar-refractivity contribution >= 4 is 0 Å². The van der Waals surface area contributed by atoms with Crippen molar-refractivity contribution in [1.29, 1.82) is 0 Å². The molecule has 0 spiro atoms. The molecule has 4 N–H and O–H groups in total. The molecule has 62 valence electrons. The van der Waals surface area contributed by atoms with E-state index < -0.39 is 0 Å². The average molecular weight is 144 g/mol. The van der Waals surface area contributed by atoms with E-state index in [2.05, 4.69) is 20.8 Å². The highest BCUT2D eigenvalue weighted by Gasteiger charge is 2.13. The molecule has 0 radical (unpaired) electrons. The number of rotatable bonds is 0. The summed E-state index contributed by atoms with van der Waals surface area (Å²) in [5, 5.41) is 0. The molecule has 1 aliphatic rings. The van der Waals surface area contributed by atoms with E-state index in [9.17, 15) is 0 Å².